The average Bonchev–Trinajstić information content (AvgIpc) is 3.26. The Bertz CT molecular complexity index is 2510. The summed E-state index contributed by atoms with van der Waals surface area (Å²) in [6.07, 6.45) is 20.2. The van der Waals surface area contributed by atoms with Gasteiger partial charge in [0, 0.05) is 30.1 Å². The van der Waals surface area contributed by atoms with Crippen LogP contribution in [0, 0.1) is 6.92 Å². The third kappa shape index (κ3) is 14.9. The van der Waals surface area contributed by atoms with Crippen molar-refractivity contribution in [3.8, 4) is 5.75 Å². The Morgan fingerprint density at radius 2 is 1.19 bits per heavy atom. The van der Waals surface area contributed by atoms with Gasteiger partial charge >= 0.3 is 0 Å². The number of fused-ring (bicyclic) bond motifs is 1. The highest BCUT2D eigenvalue weighted by Crippen LogP contribution is 2.38. The second-order valence-corrected chi connectivity index (χ2v) is 19.4. The quantitative estimate of drug-likeness (QED) is 0.0241. The number of phenolic OH excluding ortho intramolecular Hbond substituents is 1. The van der Waals surface area contributed by atoms with Crippen molar-refractivity contribution in [2.24, 2.45) is 10.2 Å². The van der Waals surface area contributed by atoms with Crippen molar-refractivity contribution >= 4 is 65.3 Å². The number of carbonyl (C=O) groups is 1. The molecule has 4 N–H and O–H groups in total. The van der Waals surface area contributed by atoms with E-state index in [9.17, 15) is 31.3 Å². The van der Waals surface area contributed by atoms with Crippen LogP contribution in [0.1, 0.15) is 126 Å². The van der Waals surface area contributed by atoms with E-state index in [1.165, 1.54) is 114 Å². The molecule has 0 aromatic heterocycles. The lowest BCUT2D eigenvalue weighted by Gasteiger charge is -2.23. The lowest BCUT2D eigenvalue weighted by molar-refractivity contribution is 0.102. The number of aromatic hydroxyl groups is 1. The Morgan fingerprint density at radius 3 is 1.76 bits per heavy atom. The smallest absolute Gasteiger partial charge is 0.294 e. The average molecular weight is 898 g/mol. The summed E-state index contributed by atoms with van der Waals surface area (Å²) in [5.41, 5.74) is 2.49. The number of azo groups is 1. The maximum atomic E-state index is 14.0. The van der Waals surface area contributed by atoms with E-state index in [4.69, 9.17) is 0 Å². The van der Waals surface area contributed by atoms with Crippen molar-refractivity contribution in [2.75, 3.05) is 28.5 Å². The van der Waals surface area contributed by atoms with Gasteiger partial charge in [0.15, 0.2) is 0 Å². The summed E-state index contributed by atoms with van der Waals surface area (Å²) in [4.78, 5) is 15.7. The number of benzene rings is 5. The highest BCUT2D eigenvalue weighted by atomic mass is 32.2. The number of hydrogen-bond donors (Lipinski definition) is 4. The third-order valence-electron chi connectivity index (χ3n) is 11.2. The van der Waals surface area contributed by atoms with E-state index in [1.54, 1.807) is 66.7 Å². The molecule has 12 nitrogen and oxygen atoms in total. The van der Waals surface area contributed by atoms with Crippen molar-refractivity contribution in [3.05, 3.63) is 108 Å². The third-order valence-corrected chi connectivity index (χ3v) is 13.5. The van der Waals surface area contributed by atoms with Crippen molar-refractivity contribution < 1.29 is 31.3 Å². The number of hydrogen-bond acceptors (Lipinski definition) is 9. The number of anilines is 3. The highest BCUT2D eigenvalue weighted by Gasteiger charge is 2.22. The van der Waals surface area contributed by atoms with E-state index in [1.807, 2.05) is 18.9 Å². The van der Waals surface area contributed by atoms with Gasteiger partial charge < -0.3 is 15.3 Å². The number of amides is 1. The molecule has 0 radical (unpaired) electrons. The molecule has 0 spiro atoms. The van der Waals surface area contributed by atoms with Crippen molar-refractivity contribution in [1.29, 1.82) is 0 Å². The monoisotopic (exact) mass is 897 g/mol. The minimum Gasteiger partial charge on any atom is -0.506 e. The van der Waals surface area contributed by atoms with Crippen molar-refractivity contribution in [3.63, 3.8) is 0 Å². The molecule has 63 heavy (non-hydrogen) atoms. The molecule has 0 bridgehead atoms. The Labute approximate surface area is 374 Å². The lowest BCUT2D eigenvalue weighted by Crippen LogP contribution is -2.22. The molecule has 0 saturated heterocycles. The van der Waals surface area contributed by atoms with Gasteiger partial charge in [-0.25, -0.2) is 8.42 Å². The zero-order chi connectivity index (χ0) is 45.2. The molecule has 5 aromatic rings. The molecule has 5 aromatic carbocycles. The number of aryl methyl sites for hydroxylation is 1. The van der Waals surface area contributed by atoms with Gasteiger partial charge in [0.1, 0.15) is 5.75 Å². The number of rotatable bonds is 26. The first-order valence-corrected chi connectivity index (χ1v) is 25.2. The largest absolute Gasteiger partial charge is 0.506 e. The van der Waals surface area contributed by atoms with Gasteiger partial charge in [-0.1, -0.05) is 145 Å². The second kappa shape index (κ2) is 23.9. The topological polar surface area (TPSA) is 178 Å². The van der Waals surface area contributed by atoms with Crippen LogP contribution in [-0.4, -0.2) is 46.0 Å². The maximum Gasteiger partial charge on any atom is 0.294 e. The molecule has 5 rings (SSSR count). The van der Waals surface area contributed by atoms with Crippen LogP contribution in [-0.2, 0) is 20.1 Å². The van der Waals surface area contributed by atoms with E-state index in [2.05, 4.69) is 27.2 Å². The van der Waals surface area contributed by atoms with Crippen LogP contribution >= 0.6 is 0 Å². The van der Waals surface area contributed by atoms with Gasteiger partial charge in [0.05, 0.1) is 38.1 Å². The maximum absolute atomic E-state index is 14.0. The Morgan fingerprint density at radius 1 is 0.651 bits per heavy atom. The normalized spacial score (nSPS) is 11.9. The van der Waals surface area contributed by atoms with Crippen LogP contribution in [0.15, 0.2) is 117 Å². The summed E-state index contributed by atoms with van der Waals surface area (Å²) in [6, 6.07) is 25.1. The first kappa shape index (κ1) is 48.7. The second-order valence-electron chi connectivity index (χ2n) is 16.3. The molecule has 14 heteroatoms. The van der Waals surface area contributed by atoms with Crippen molar-refractivity contribution in [2.45, 2.75) is 126 Å². The van der Waals surface area contributed by atoms with E-state index in [0.717, 1.165) is 24.8 Å². The Balaban J connectivity index is 1.21. The lowest BCUT2D eigenvalue weighted by atomic mass is 10.0. The molecule has 0 heterocycles. The molecule has 338 valence electrons. The Hall–Kier alpha value is -5.31. The van der Waals surface area contributed by atoms with Gasteiger partial charge in [0.2, 0.25) is 0 Å². The minimum absolute atomic E-state index is 0.132. The molecule has 0 aliphatic carbocycles. The molecule has 0 aliphatic rings. The molecule has 0 fully saturated rings. The van der Waals surface area contributed by atoms with Gasteiger partial charge in [-0.2, -0.15) is 13.5 Å². The summed E-state index contributed by atoms with van der Waals surface area (Å²) in [7, 11) is -6.54. The SMILES string of the molecule is CCCCCCCCCCCCCCCCCCN(C)c1ccc(S(=O)(=O)O)cc1NC(=O)c1cc(/N=N/c2ccc(NS(=O)(=O)c3ccc(C)cc3)cc2)c2ccccc2c1O. The fraction of sp³-hybridized carbons (Fsp3) is 0.408. The van der Waals surface area contributed by atoms with Gasteiger partial charge in [-0.3, -0.25) is 14.1 Å². The number of unbranched alkanes of at least 4 members (excludes halogenated alkanes) is 15. The molecular formula is C49H63N5O7S2. The summed E-state index contributed by atoms with van der Waals surface area (Å²) in [6.45, 7) is 4.78. The van der Waals surface area contributed by atoms with Gasteiger partial charge in [-0.05, 0) is 74.0 Å². The van der Waals surface area contributed by atoms with Crippen LogP contribution in [0.2, 0.25) is 0 Å². The number of nitrogens with zero attached hydrogens (tertiary/aromatic N) is 3. The highest BCUT2D eigenvalue weighted by molar-refractivity contribution is 7.92. The Kier molecular flexibility index (Phi) is 18.5. The van der Waals surface area contributed by atoms with Crippen LogP contribution in [0.3, 0.4) is 0 Å². The van der Waals surface area contributed by atoms with Gasteiger partial charge in [-0.15, -0.1) is 5.11 Å². The molecule has 0 atom stereocenters. The number of sulfonamides is 1. The van der Waals surface area contributed by atoms with Crippen LogP contribution in [0.5, 0.6) is 5.75 Å². The fourth-order valence-electron chi connectivity index (χ4n) is 7.55. The number of carbonyl (C=O) groups excluding carboxylic acids is 1. The van der Waals surface area contributed by atoms with E-state index in [0.29, 0.717) is 34.4 Å². The number of nitrogens with one attached hydrogen (secondary N) is 2. The predicted octanol–water partition coefficient (Wildman–Crippen LogP) is 13.3. The first-order chi connectivity index (χ1) is 30.3. The predicted molar refractivity (Wildman–Crippen MR) is 255 cm³/mol. The molecule has 0 unspecified atom stereocenters. The summed E-state index contributed by atoms with van der Waals surface area (Å²) in [5.74, 6) is -1.04. The van der Waals surface area contributed by atoms with E-state index < -0.39 is 26.0 Å². The van der Waals surface area contributed by atoms with Gasteiger partial charge in [0.25, 0.3) is 26.0 Å². The van der Waals surface area contributed by atoms with E-state index >= 15 is 0 Å². The van der Waals surface area contributed by atoms with E-state index in [-0.39, 0.29) is 32.5 Å². The van der Waals surface area contributed by atoms with Crippen LogP contribution < -0.4 is 14.9 Å². The summed E-state index contributed by atoms with van der Waals surface area (Å²) >= 11 is 0. The van der Waals surface area contributed by atoms with Crippen LogP contribution in [0.25, 0.3) is 10.8 Å². The molecule has 0 saturated carbocycles. The molecule has 1 amide bonds. The van der Waals surface area contributed by atoms with Crippen molar-refractivity contribution in [1.82, 2.24) is 0 Å². The first-order valence-electron chi connectivity index (χ1n) is 22.3. The fourth-order valence-corrected chi connectivity index (χ4v) is 9.12. The standard InChI is InChI=1S/C49H63N5O7S2/c1-4-5-6-7-8-9-10-11-12-13-14-15-16-17-18-21-34-54(3)47-33-32-41(63(59,60)61)35-46(47)50-49(56)44-36-45(42-22-19-20-23-43(42)48(44)55)52-51-38-26-28-39(29-27-38)53-62(57,58)40-30-24-37(2)25-31-40/h19-20,22-33,35-36,53,55H,4-18,21,34H2,1-3H3,(H,50,56)(H,59,60,61)/b52-51+. The summed E-state index contributed by atoms with van der Waals surface area (Å²) < 4.78 is 62.5. The zero-order valence-electron chi connectivity index (χ0n) is 36.9. The molecular weight excluding hydrogens is 835 g/mol. The van der Waals surface area contributed by atoms with Crippen LogP contribution in [0.4, 0.5) is 28.4 Å². The number of phenols is 1. The summed E-state index contributed by atoms with van der Waals surface area (Å²) in [5, 5.41) is 23.8. The molecule has 0 aliphatic heterocycles. The minimum atomic E-state index is -4.60. The zero-order valence-corrected chi connectivity index (χ0v) is 38.5.